The van der Waals surface area contributed by atoms with Crippen molar-refractivity contribution >= 4 is 34.1 Å². The van der Waals surface area contributed by atoms with Crippen molar-refractivity contribution in [1.29, 1.82) is 0 Å². The SMILES string of the molecule is C=CC(=O)Cl.C=CC(=O)Nc1ccc(Oc2ccc(F)cc2F)c(-c2cc(CC)c(=O)n(C)c2)c1.CCc1cc(-c2cc(N)ccc2Oc2ccc(F)cc2F)cn(C)c1=O. The van der Waals surface area contributed by atoms with Gasteiger partial charge in [-0.2, -0.15) is 0 Å². The monoisotopic (exact) mass is 856 g/mol. The molecule has 4 aromatic carbocycles. The van der Waals surface area contributed by atoms with Crippen LogP contribution in [0.3, 0.4) is 0 Å². The summed E-state index contributed by atoms with van der Waals surface area (Å²) in [4.78, 5) is 45.5. The Morgan fingerprint density at radius 3 is 1.51 bits per heavy atom. The van der Waals surface area contributed by atoms with Crippen LogP contribution >= 0.6 is 11.6 Å². The van der Waals surface area contributed by atoms with Gasteiger partial charge in [-0.25, -0.2) is 17.6 Å². The summed E-state index contributed by atoms with van der Waals surface area (Å²) in [5.74, 6) is -3.07. The van der Waals surface area contributed by atoms with Gasteiger partial charge in [0.15, 0.2) is 23.1 Å². The summed E-state index contributed by atoms with van der Waals surface area (Å²) in [7, 11) is 3.30. The van der Waals surface area contributed by atoms with Gasteiger partial charge in [0.2, 0.25) is 11.1 Å². The first-order valence-corrected chi connectivity index (χ1v) is 18.8. The lowest BCUT2D eigenvalue weighted by Gasteiger charge is -2.15. The van der Waals surface area contributed by atoms with Crippen LogP contribution < -0.4 is 31.6 Å². The van der Waals surface area contributed by atoms with E-state index in [0.29, 0.717) is 63.3 Å². The number of anilines is 2. The quantitative estimate of drug-likeness (QED) is 0.0573. The van der Waals surface area contributed by atoms with Crippen LogP contribution in [0.2, 0.25) is 0 Å². The number of benzene rings is 4. The number of nitrogens with zero attached hydrogens (tertiary/aromatic N) is 2. The Hall–Kier alpha value is -7.19. The number of nitrogen functional groups attached to an aromatic ring is 1. The number of carbonyl (C=O) groups is 2. The number of hydrogen-bond donors (Lipinski definition) is 2. The van der Waals surface area contributed by atoms with E-state index in [1.54, 1.807) is 75.0 Å². The third-order valence-electron chi connectivity index (χ3n) is 8.72. The summed E-state index contributed by atoms with van der Waals surface area (Å²) >= 11 is 4.71. The van der Waals surface area contributed by atoms with Crippen LogP contribution in [-0.4, -0.2) is 20.3 Å². The van der Waals surface area contributed by atoms with E-state index < -0.39 is 34.4 Å². The minimum Gasteiger partial charge on any atom is -0.454 e. The van der Waals surface area contributed by atoms with Crippen molar-refractivity contribution in [3.8, 4) is 45.3 Å². The standard InChI is InChI=1S/C23H20F2N2O3.C20H18F2N2O2.C3H3ClO/c1-4-14-10-15(13-27(3)23(14)29)18-12-17(26-22(28)5-2)7-9-20(18)30-21-8-6-16(24)11-19(21)25;1-3-12-8-13(11-24(2)20(12)25)16-10-15(23)5-7-18(16)26-19-6-4-14(21)9-17(19)22;1-2-3(4)5/h5-13H,2,4H2,1,3H3,(H,26,28);4-11H,3,23H2,1-2H3;2H,1H2. The number of amides is 1. The highest BCUT2D eigenvalue weighted by Crippen LogP contribution is 2.38. The summed E-state index contributed by atoms with van der Waals surface area (Å²) in [6, 6.07) is 19.4. The van der Waals surface area contributed by atoms with E-state index in [9.17, 15) is 36.7 Å². The molecule has 3 N–H and O–H groups in total. The maximum atomic E-state index is 14.1. The van der Waals surface area contributed by atoms with Gasteiger partial charge in [0.05, 0.1) is 0 Å². The van der Waals surface area contributed by atoms with Crippen LogP contribution in [0.15, 0.2) is 132 Å². The van der Waals surface area contributed by atoms with Crippen molar-refractivity contribution in [2.45, 2.75) is 26.7 Å². The van der Waals surface area contributed by atoms with Crippen molar-refractivity contribution in [2.75, 3.05) is 11.1 Å². The Bertz CT molecular complexity index is 2730. The molecule has 1 amide bonds. The number of aromatic nitrogens is 2. The molecule has 0 spiro atoms. The lowest BCUT2D eigenvalue weighted by atomic mass is 10.0. The van der Waals surface area contributed by atoms with Gasteiger partial charge in [0, 0.05) is 83.4 Å². The first-order valence-electron chi connectivity index (χ1n) is 18.4. The molecule has 2 aromatic heterocycles. The first kappa shape index (κ1) is 46.5. The third kappa shape index (κ3) is 12.4. The van der Waals surface area contributed by atoms with Gasteiger partial charge in [-0.3, -0.25) is 19.2 Å². The maximum Gasteiger partial charge on any atom is 0.253 e. The molecule has 61 heavy (non-hydrogen) atoms. The molecule has 15 heteroatoms. The zero-order chi connectivity index (χ0) is 45.0. The maximum absolute atomic E-state index is 14.1. The molecule has 0 saturated carbocycles. The molecular formula is C46H41ClF4N4O6. The van der Waals surface area contributed by atoms with Crippen LogP contribution in [0.1, 0.15) is 25.0 Å². The Balaban J connectivity index is 0.000000244. The molecule has 0 atom stereocenters. The predicted octanol–water partition coefficient (Wildman–Crippen LogP) is 10.0. The molecule has 6 aromatic rings. The number of nitrogens with two attached hydrogens (primary N) is 1. The van der Waals surface area contributed by atoms with E-state index >= 15 is 0 Å². The molecule has 2 heterocycles. The van der Waals surface area contributed by atoms with E-state index in [1.165, 1.54) is 21.3 Å². The van der Waals surface area contributed by atoms with Gasteiger partial charge >= 0.3 is 0 Å². The fourth-order valence-electron chi connectivity index (χ4n) is 5.69. The number of carbonyl (C=O) groups excluding carboxylic acids is 2. The Kier molecular flexibility index (Phi) is 16.1. The molecule has 10 nitrogen and oxygen atoms in total. The fourth-order valence-corrected chi connectivity index (χ4v) is 5.69. The first-order chi connectivity index (χ1) is 29.0. The van der Waals surface area contributed by atoms with Crippen LogP contribution in [0.4, 0.5) is 28.9 Å². The molecule has 0 aliphatic carbocycles. The highest BCUT2D eigenvalue weighted by molar-refractivity contribution is 6.66. The predicted molar refractivity (Wildman–Crippen MR) is 230 cm³/mol. The molecule has 0 aliphatic rings. The van der Waals surface area contributed by atoms with E-state index in [0.717, 1.165) is 36.4 Å². The average Bonchev–Trinajstić information content (AvgIpc) is 3.23. The van der Waals surface area contributed by atoms with Gasteiger partial charge in [-0.1, -0.05) is 27.0 Å². The Labute approximate surface area is 353 Å². The number of rotatable bonds is 11. The lowest BCUT2D eigenvalue weighted by Crippen LogP contribution is -2.20. The molecule has 0 radical (unpaired) electrons. The lowest BCUT2D eigenvalue weighted by molar-refractivity contribution is -0.112. The van der Waals surface area contributed by atoms with Crippen molar-refractivity contribution < 1.29 is 36.6 Å². The van der Waals surface area contributed by atoms with Gasteiger partial charge in [0.1, 0.15) is 23.1 Å². The largest absolute Gasteiger partial charge is 0.454 e. The molecular weight excluding hydrogens is 816 g/mol. The van der Waals surface area contributed by atoms with E-state index in [1.807, 2.05) is 13.8 Å². The number of hydrogen-bond acceptors (Lipinski definition) is 7. The highest BCUT2D eigenvalue weighted by Gasteiger charge is 2.16. The summed E-state index contributed by atoms with van der Waals surface area (Å²) in [6.45, 7) is 10.3. The van der Waals surface area contributed by atoms with Crippen LogP contribution in [-0.2, 0) is 36.5 Å². The third-order valence-corrected chi connectivity index (χ3v) is 8.88. The number of nitrogens with one attached hydrogen (secondary N) is 1. The summed E-state index contributed by atoms with van der Waals surface area (Å²) in [6.07, 6.45) is 6.58. The number of halogens is 5. The highest BCUT2D eigenvalue weighted by atomic mass is 35.5. The minimum absolute atomic E-state index is 0.0767. The minimum atomic E-state index is -0.848. The number of ether oxygens (including phenoxy) is 2. The smallest absolute Gasteiger partial charge is 0.253 e. The zero-order valence-electron chi connectivity index (χ0n) is 33.5. The summed E-state index contributed by atoms with van der Waals surface area (Å²) in [5.41, 5.74) is 10.4. The second-order valence-electron chi connectivity index (χ2n) is 13.1. The van der Waals surface area contributed by atoms with Crippen LogP contribution in [0.25, 0.3) is 22.3 Å². The van der Waals surface area contributed by atoms with Crippen LogP contribution in [0.5, 0.6) is 23.0 Å². The normalized spacial score (nSPS) is 10.3. The van der Waals surface area contributed by atoms with Gasteiger partial charge in [-0.05, 0) is 109 Å². The summed E-state index contributed by atoms with van der Waals surface area (Å²) < 4.78 is 68.7. The van der Waals surface area contributed by atoms with E-state index in [-0.39, 0.29) is 28.4 Å². The number of aryl methyl sites for hydroxylation is 4. The van der Waals surface area contributed by atoms with E-state index in [2.05, 4.69) is 18.5 Å². The Morgan fingerprint density at radius 1 is 0.672 bits per heavy atom. The zero-order valence-corrected chi connectivity index (χ0v) is 34.3. The van der Waals surface area contributed by atoms with Crippen molar-refractivity contribution in [2.24, 2.45) is 14.1 Å². The Morgan fingerprint density at radius 2 is 1.10 bits per heavy atom. The molecule has 0 aliphatic heterocycles. The van der Waals surface area contributed by atoms with Gasteiger partial charge in [0.25, 0.3) is 11.1 Å². The second kappa shape index (κ2) is 21.2. The van der Waals surface area contributed by atoms with Crippen molar-refractivity contribution in [1.82, 2.24) is 9.13 Å². The second-order valence-corrected chi connectivity index (χ2v) is 13.4. The van der Waals surface area contributed by atoms with E-state index in [4.69, 9.17) is 26.8 Å². The summed E-state index contributed by atoms with van der Waals surface area (Å²) in [5, 5.41) is 2.15. The van der Waals surface area contributed by atoms with Crippen LogP contribution in [0, 0.1) is 23.3 Å². The van der Waals surface area contributed by atoms with Gasteiger partial charge in [-0.15, -0.1) is 0 Å². The molecule has 0 fully saturated rings. The fraction of sp³-hybridized carbons (Fsp3) is 0.130. The van der Waals surface area contributed by atoms with Crippen molar-refractivity contribution in [3.63, 3.8) is 0 Å². The van der Waals surface area contributed by atoms with Crippen molar-refractivity contribution in [3.05, 3.63) is 178 Å². The molecule has 0 bridgehead atoms. The number of pyridine rings is 2. The van der Waals surface area contributed by atoms with Gasteiger partial charge < -0.3 is 29.7 Å². The topological polar surface area (TPSA) is 135 Å². The number of allylic oxidation sites excluding steroid dienone is 1. The molecule has 0 unspecified atom stereocenters. The average molecular weight is 857 g/mol. The molecule has 6 rings (SSSR count). The molecule has 316 valence electrons. The molecule has 0 saturated heterocycles.